The molecule has 18 heteroatoms. The molecule has 8 N–H and O–H groups in total. The zero-order chi connectivity index (χ0) is 34.4. The van der Waals surface area contributed by atoms with Gasteiger partial charge in [0.05, 0.1) is 16.4 Å². The monoisotopic (exact) mass is 662 g/mol. The Balaban J connectivity index is 0.00000173. The molecule has 3 rings (SSSR count). The molecule has 250 valence electrons. The van der Waals surface area contributed by atoms with Crippen LogP contribution >= 0.6 is 0 Å². The van der Waals surface area contributed by atoms with Crippen LogP contribution in [-0.2, 0) is 29.2 Å². The maximum Gasteiger partial charge on any atom is 0.300 e. The van der Waals surface area contributed by atoms with Gasteiger partial charge in [0.25, 0.3) is 11.7 Å². The van der Waals surface area contributed by atoms with Crippen LogP contribution in [-0.4, -0.2) is 84.7 Å². The summed E-state index contributed by atoms with van der Waals surface area (Å²) in [6.07, 6.45) is 1.33. The number of carbonyl (C=O) groups excluding carboxylic acids is 3. The molecule has 2 aromatic rings. The van der Waals surface area contributed by atoms with Crippen molar-refractivity contribution in [2.24, 2.45) is 16.5 Å². The lowest BCUT2D eigenvalue weighted by atomic mass is 10.1. The predicted octanol–water partition coefficient (Wildman–Crippen LogP) is 0.441. The third kappa shape index (κ3) is 12.1. The van der Waals surface area contributed by atoms with Gasteiger partial charge in [-0.25, -0.2) is 13.1 Å². The highest BCUT2D eigenvalue weighted by atomic mass is 32.2. The Hall–Kier alpha value is -5.10. The summed E-state index contributed by atoms with van der Waals surface area (Å²) >= 11 is 0. The first-order valence-electron chi connectivity index (χ1n) is 14.1. The standard InChI is InChI=1S/C26H34N8O7S.C2H4O2/c1-17-6-12-20(13-7-17)42(40,41)30-16-23(35)33-15-3-5-22(33)25(37)32-21(4-2-14-29-26(27)28)24(36)31-18-8-10-19(11-9-18)34(38)39;1-2(3)4/h6-13,21-22,30H,2-5,14-16H2,1H3,(H,31,36)(H,32,37)(H4,27,28,29);1H3,(H,3,4)/t21-,22-;/m0./s1. The van der Waals surface area contributed by atoms with Crippen molar-refractivity contribution in [2.75, 3.05) is 25.0 Å². The summed E-state index contributed by atoms with van der Waals surface area (Å²) in [6, 6.07) is 9.40. The number of likely N-dealkylation sites (tertiary alicyclic amines) is 1. The molecule has 0 spiro atoms. The van der Waals surface area contributed by atoms with E-state index >= 15 is 0 Å². The molecule has 0 saturated carbocycles. The van der Waals surface area contributed by atoms with Crippen LogP contribution in [0.5, 0.6) is 0 Å². The second-order valence-electron chi connectivity index (χ2n) is 10.2. The summed E-state index contributed by atoms with van der Waals surface area (Å²) in [7, 11) is -3.94. The third-order valence-corrected chi connectivity index (χ3v) is 7.96. The van der Waals surface area contributed by atoms with Crippen LogP contribution in [0.25, 0.3) is 0 Å². The maximum absolute atomic E-state index is 13.3. The van der Waals surface area contributed by atoms with E-state index in [9.17, 15) is 32.9 Å². The highest BCUT2D eigenvalue weighted by molar-refractivity contribution is 7.89. The van der Waals surface area contributed by atoms with E-state index in [-0.39, 0.29) is 41.7 Å². The molecule has 3 amide bonds. The molecule has 1 aliphatic rings. The molecular weight excluding hydrogens is 624 g/mol. The first kappa shape index (κ1) is 37.1. The summed E-state index contributed by atoms with van der Waals surface area (Å²) in [5.41, 5.74) is 11.7. The number of hydrogen-bond acceptors (Lipinski definition) is 9. The first-order valence-corrected chi connectivity index (χ1v) is 15.6. The number of rotatable bonds is 13. The number of nitrogens with one attached hydrogen (secondary N) is 3. The van der Waals surface area contributed by atoms with Gasteiger partial charge >= 0.3 is 0 Å². The lowest BCUT2D eigenvalue weighted by molar-refractivity contribution is -0.384. The van der Waals surface area contributed by atoms with Gasteiger partial charge in [0.2, 0.25) is 27.7 Å². The number of guanidine groups is 1. The number of anilines is 1. The lowest BCUT2D eigenvalue weighted by Gasteiger charge is -2.26. The SMILES string of the molecule is CC(=O)O.Cc1ccc(S(=O)(=O)NCC(=O)N2CCC[C@H]2C(=O)N[C@@H](CCCN=C(N)N)C(=O)Nc2ccc([N+](=O)[O-])cc2)cc1. The van der Waals surface area contributed by atoms with Crippen molar-refractivity contribution in [2.45, 2.75) is 56.5 Å². The van der Waals surface area contributed by atoms with E-state index in [2.05, 4.69) is 20.3 Å². The van der Waals surface area contributed by atoms with Gasteiger partial charge in [-0.3, -0.25) is 34.3 Å². The normalized spacial score (nSPS) is 14.7. The molecule has 2 atom stereocenters. The number of benzene rings is 2. The van der Waals surface area contributed by atoms with Crippen molar-refractivity contribution in [3.8, 4) is 0 Å². The van der Waals surface area contributed by atoms with E-state index in [1.807, 2.05) is 6.92 Å². The molecule has 0 aromatic heterocycles. The van der Waals surface area contributed by atoms with Crippen molar-refractivity contribution in [1.82, 2.24) is 14.9 Å². The molecule has 0 unspecified atom stereocenters. The number of nitro benzene ring substituents is 1. The minimum absolute atomic E-state index is 0.0132. The number of carboxylic acid groups (broad SMARTS) is 1. The van der Waals surface area contributed by atoms with E-state index in [1.54, 1.807) is 12.1 Å². The average molecular weight is 663 g/mol. The van der Waals surface area contributed by atoms with E-state index in [4.69, 9.17) is 21.4 Å². The topological polar surface area (TPSA) is 270 Å². The number of non-ortho nitro benzene ring substituents is 1. The second-order valence-corrected chi connectivity index (χ2v) is 12.0. The Morgan fingerprint density at radius 3 is 2.28 bits per heavy atom. The van der Waals surface area contributed by atoms with E-state index in [1.165, 1.54) is 41.3 Å². The first-order chi connectivity index (χ1) is 21.6. The van der Waals surface area contributed by atoms with Crippen LogP contribution in [0.3, 0.4) is 0 Å². The Morgan fingerprint density at radius 2 is 1.72 bits per heavy atom. The predicted molar refractivity (Wildman–Crippen MR) is 168 cm³/mol. The highest BCUT2D eigenvalue weighted by Gasteiger charge is 2.36. The van der Waals surface area contributed by atoms with Crippen LogP contribution in [0.15, 0.2) is 58.4 Å². The van der Waals surface area contributed by atoms with Crippen molar-refractivity contribution in [3.05, 3.63) is 64.2 Å². The van der Waals surface area contributed by atoms with Crippen LogP contribution in [0.2, 0.25) is 0 Å². The molecule has 1 aliphatic heterocycles. The number of carbonyl (C=O) groups is 4. The maximum atomic E-state index is 13.3. The molecule has 2 aromatic carbocycles. The summed E-state index contributed by atoms with van der Waals surface area (Å²) in [5, 5.41) is 23.6. The van der Waals surface area contributed by atoms with Gasteiger partial charge in [0, 0.05) is 37.8 Å². The van der Waals surface area contributed by atoms with Crippen LogP contribution in [0.4, 0.5) is 11.4 Å². The molecular formula is C28H38N8O9S. The molecule has 17 nitrogen and oxygen atoms in total. The number of sulfonamides is 1. The van der Waals surface area contributed by atoms with Crippen molar-refractivity contribution >= 4 is 51.0 Å². The Labute approximate surface area is 265 Å². The van der Waals surface area contributed by atoms with Crippen LogP contribution < -0.4 is 26.8 Å². The van der Waals surface area contributed by atoms with Gasteiger partial charge in [0.1, 0.15) is 12.1 Å². The zero-order valence-electron chi connectivity index (χ0n) is 25.3. The summed E-state index contributed by atoms with van der Waals surface area (Å²) in [6.45, 7) is 2.81. The van der Waals surface area contributed by atoms with E-state index < -0.39 is 57.3 Å². The minimum atomic E-state index is -3.94. The number of aliphatic imine (C=N–C) groups is 1. The smallest absolute Gasteiger partial charge is 0.300 e. The van der Waals surface area contributed by atoms with Gasteiger partial charge in [0.15, 0.2) is 5.96 Å². The number of aryl methyl sites for hydroxylation is 1. The Kier molecular flexibility index (Phi) is 14.0. The number of nitrogens with zero attached hydrogens (tertiary/aromatic N) is 3. The Morgan fingerprint density at radius 1 is 1.11 bits per heavy atom. The highest BCUT2D eigenvalue weighted by Crippen LogP contribution is 2.20. The molecule has 1 fully saturated rings. The number of aliphatic carboxylic acids is 1. The third-order valence-electron chi connectivity index (χ3n) is 6.54. The van der Waals surface area contributed by atoms with E-state index in [0.717, 1.165) is 12.5 Å². The number of hydrogen-bond donors (Lipinski definition) is 6. The van der Waals surface area contributed by atoms with Gasteiger partial charge < -0.3 is 32.1 Å². The number of amides is 3. The summed E-state index contributed by atoms with van der Waals surface area (Å²) in [5.74, 6) is -2.69. The van der Waals surface area contributed by atoms with Crippen LogP contribution in [0, 0.1) is 17.0 Å². The Bertz CT molecular complexity index is 1520. The molecule has 0 aliphatic carbocycles. The van der Waals surface area contributed by atoms with E-state index in [0.29, 0.717) is 19.3 Å². The quantitative estimate of drug-likeness (QED) is 0.0563. The largest absolute Gasteiger partial charge is 0.481 e. The van der Waals surface area contributed by atoms with Crippen molar-refractivity contribution in [1.29, 1.82) is 0 Å². The summed E-state index contributed by atoms with van der Waals surface area (Å²) < 4.78 is 27.5. The zero-order valence-corrected chi connectivity index (χ0v) is 26.2. The average Bonchev–Trinajstić information content (AvgIpc) is 3.48. The number of nitrogens with two attached hydrogens (primary N) is 2. The fourth-order valence-corrected chi connectivity index (χ4v) is 5.31. The van der Waals surface area contributed by atoms with Gasteiger partial charge in [-0.2, -0.15) is 0 Å². The fraction of sp³-hybridized carbons (Fsp3) is 0.393. The minimum Gasteiger partial charge on any atom is -0.481 e. The molecule has 0 radical (unpaired) electrons. The molecule has 0 bridgehead atoms. The number of nitro groups is 1. The van der Waals surface area contributed by atoms with Gasteiger partial charge in [-0.1, -0.05) is 17.7 Å². The van der Waals surface area contributed by atoms with Crippen molar-refractivity contribution in [3.63, 3.8) is 0 Å². The number of carboxylic acids is 1. The van der Waals surface area contributed by atoms with Gasteiger partial charge in [-0.15, -0.1) is 0 Å². The summed E-state index contributed by atoms with van der Waals surface area (Å²) in [4.78, 5) is 63.8. The molecule has 1 saturated heterocycles. The molecule has 1 heterocycles. The fourth-order valence-electron chi connectivity index (χ4n) is 4.33. The van der Waals surface area contributed by atoms with Gasteiger partial charge in [-0.05, 0) is 56.9 Å². The molecule has 46 heavy (non-hydrogen) atoms. The second kappa shape index (κ2) is 17.4. The van der Waals surface area contributed by atoms with Crippen molar-refractivity contribution < 1.29 is 37.6 Å². The van der Waals surface area contributed by atoms with Crippen LogP contribution in [0.1, 0.15) is 38.2 Å². The lowest BCUT2D eigenvalue weighted by Crippen LogP contribution is -2.53.